The van der Waals surface area contributed by atoms with Gasteiger partial charge in [-0.25, -0.2) is 9.59 Å². The lowest BCUT2D eigenvalue weighted by Crippen LogP contribution is -2.55. The first-order valence-corrected chi connectivity index (χ1v) is 14.1. The average molecular weight is 646 g/mol. The molecule has 0 bridgehead atoms. The number of nitriles is 1. The van der Waals surface area contributed by atoms with E-state index in [9.17, 15) is 28.0 Å². The number of allylic oxidation sites excluding steroid dienone is 1. The van der Waals surface area contributed by atoms with Crippen molar-refractivity contribution in [3.63, 3.8) is 0 Å². The van der Waals surface area contributed by atoms with Crippen LogP contribution >= 0.6 is 0 Å². The molecule has 2 aromatic carbocycles. The van der Waals surface area contributed by atoms with E-state index in [1.165, 1.54) is 32.2 Å². The highest BCUT2D eigenvalue weighted by Crippen LogP contribution is 2.42. The van der Waals surface area contributed by atoms with E-state index >= 15 is 0 Å². The van der Waals surface area contributed by atoms with Crippen LogP contribution in [-0.4, -0.2) is 81.5 Å². The fourth-order valence-corrected chi connectivity index (χ4v) is 5.49. The number of nitrogens with one attached hydrogen (secondary N) is 1. The lowest BCUT2D eigenvalue weighted by molar-refractivity contribution is -0.906. The number of carbonyl (C=O) groups is 3. The Hall–Kier alpha value is -4.94. The van der Waals surface area contributed by atoms with Gasteiger partial charge in [-0.2, -0.15) is 18.4 Å². The zero-order chi connectivity index (χ0) is 34.2. The van der Waals surface area contributed by atoms with Gasteiger partial charge in [-0.1, -0.05) is 12.1 Å². The lowest BCUT2D eigenvalue weighted by Gasteiger charge is -2.43. The molecule has 4 rings (SSSR count). The first-order chi connectivity index (χ1) is 21.7. The number of esters is 1. The zero-order valence-electron chi connectivity index (χ0n) is 25.9. The second kappa shape index (κ2) is 14.9. The van der Waals surface area contributed by atoms with Gasteiger partial charge in [0.25, 0.3) is 6.47 Å². The number of guanidine groups is 1. The van der Waals surface area contributed by atoms with E-state index in [0.29, 0.717) is 53.8 Å². The number of quaternary nitrogens is 1. The van der Waals surface area contributed by atoms with Crippen LogP contribution in [0.1, 0.15) is 41.6 Å². The second-order valence-electron chi connectivity index (χ2n) is 10.9. The average Bonchev–Trinajstić information content (AvgIpc) is 3.46. The summed E-state index contributed by atoms with van der Waals surface area (Å²) in [4.78, 5) is 37.1. The van der Waals surface area contributed by atoms with Crippen molar-refractivity contribution >= 4 is 30.1 Å². The maximum atomic E-state index is 13.5. The molecule has 246 valence electrons. The van der Waals surface area contributed by atoms with Crippen LogP contribution in [0.2, 0.25) is 0 Å². The molecule has 15 heteroatoms. The fraction of sp³-hybridized carbons (Fsp3) is 0.387. The molecule has 0 aliphatic carbocycles. The largest absolute Gasteiger partial charge is 0.471 e. The van der Waals surface area contributed by atoms with Gasteiger partial charge in [-0.05, 0) is 54.8 Å². The minimum atomic E-state index is -4.67. The number of amides is 2. The van der Waals surface area contributed by atoms with Gasteiger partial charge in [0.2, 0.25) is 5.96 Å². The number of nitrogens with two attached hydrogens (primary N) is 1. The van der Waals surface area contributed by atoms with E-state index in [1.54, 1.807) is 12.1 Å². The maximum absolute atomic E-state index is 13.5. The number of halogens is 3. The third-order valence-corrected chi connectivity index (χ3v) is 7.76. The van der Waals surface area contributed by atoms with E-state index in [-0.39, 0.29) is 17.0 Å². The number of carbonyl (C=O) groups excluding carboxylic acids is 3. The van der Waals surface area contributed by atoms with Crippen LogP contribution in [0.4, 0.5) is 23.7 Å². The highest BCUT2D eigenvalue weighted by atomic mass is 19.4. The number of rotatable bonds is 8. The van der Waals surface area contributed by atoms with Crippen LogP contribution in [0.25, 0.3) is 0 Å². The van der Waals surface area contributed by atoms with Crippen molar-refractivity contribution in [2.24, 2.45) is 5.73 Å². The molecule has 0 spiro atoms. The van der Waals surface area contributed by atoms with Crippen molar-refractivity contribution < 1.29 is 46.2 Å². The van der Waals surface area contributed by atoms with E-state index < -0.39 is 35.7 Å². The molecule has 2 heterocycles. The van der Waals surface area contributed by atoms with Crippen LogP contribution in [0.3, 0.4) is 0 Å². The van der Waals surface area contributed by atoms with Crippen LogP contribution in [-0.2, 0) is 36.4 Å². The van der Waals surface area contributed by atoms with E-state index in [0.717, 1.165) is 42.1 Å². The molecular weight excluding hydrogens is 609 g/mol. The summed E-state index contributed by atoms with van der Waals surface area (Å²) in [7, 11) is 4.54. The topological polar surface area (TPSA) is 159 Å². The van der Waals surface area contributed by atoms with Crippen molar-refractivity contribution in [3.8, 4) is 6.07 Å². The number of hydrogen-bond acceptors (Lipinski definition) is 8. The molecule has 2 amide bonds. The SMILES string of the molecule is COC(=O)C1=C(C)N(c2cccc(C(F)(F)F)c2)C(=N)N(C(N)=O)[C@@H]1c1ccc(C#N)cc1CCC[N+]1(C)CCOC1.COC=O. The van der Waals surface area contributed by atoms with Crippen LogP contribution < -0.4 is 10.6 Å². The monoisotopic (exact) mass is 645 g/mol. The summed E-state index contributed by atoms with van der Waals surface area (Å²) in [5.74, 6) is -1.39. The molecule has 46 heavy (non-hydrogen) atoms. The molecular formula is C31H36F3N6O6+. The summed E-state index contributed by atoms with van der Waals surface area (Å²) in [5, 5.41) is 18.5. The number of hydrogen-bond donors (Lipinski definition) is 2. The number of aryl methyl sites for hydroxylation is 1. The molecule has 2 aromatic rings. The molecule has 1 saturated heterocycles. The van der Waals surface area contributed by atoms with Gasteiger partial charge < -0.3 is 24.4 Å². The Balaban J connectivity index is 0.00000136. The Morgan fingerprint density at radius 2 is 1.93 bits per heavy atom. The van der Waals surface area contributed by atoms with E-state index in [4.69, 9.17) is 25.4 Å². The first kappa shape index (κ1) is 35.5. The number of nitrogens with zero attached hydrogens (tertiary/aromatic N) is 4. The summed E-state index contributed by atoms with van der Waals surface area (Å²) in [5.41, 5.74) is 6.19. The van der Waals surface area contributed by atoms with E-state index in [2.05, 4.69) is 17.9 Å². The molecule has 2 aliphatic heterocycles. The normalized spacial score (nSPS) is 19.6. The lowest BCUT2D eigenvalue weighted by atomic mass is 9.87. The van der Waals surface area contributed by atoms with Crippen molar-refractivity contribution in [1.29, 1.82) is 10.7 Å². The van der Waals surface area contributed by atoms with Crippen LogP contribution in [0.15, 0.2) is 53.7 Å². The predicted molar refractivity (Wildman–Crippen MR) is 160 cm³/mol. The minimum Gasteiger partial charge on any atom is -0.471 e. The summed E-state index contributed by atoms with van der Waals surface area (Å²) in [6.07, 6.45) is -3.50. The number of alkyl halides is 3. The van der Waals surface area contributed by atoms with Gasteiger partial charge in [0.15, 0.2) is 6.73 Å². The van der Waals surface area contributed by atoms with Gasteiger partial charge in [0.1, 0.15) is 19.2 Å². The summed E-state index contributed by atoms with van der Waals surface area (Å²) in [6.45, 7) is 4.73. The highest BCUT2D eigenvalue weighted by Gasteiger charge is 2.44. The minimum absolute atomic E-state index is 0.0809. The molecule has 1 fully saturated rings. The number of anilines is 1. The molecule has 1 unspecified atom stereocenters. The van der Waals surface area contributed by atoms with Gasteiger partial charge in [-0.3, -0.25) is 20.0 Å². The molecule has 3 N–H and O–H groups in total. The van der Waals surface area contributed by atoms with Gasteiger partial charge in [-0.15, -0.1) is 0 Å². The standard InChI is InChI=1S/C29H31F3N6O4.C2H4O2/c1-18-24(26(39)41-3)25(23-10-9-19(16-33)14-20(23)6-5-11-38(2)12-13-42-17-38)37(28(35)40)27(34)36(18)22-8-4-7-21(15-22)29(30,31)32;1-4-2-3/h4,7-10,14-15,25,34H,5-6,11-13,17H2,1-3H3,(H-,35,40);2H,1H3/p+1/t25-,38?;/m1./s1. The second-order valence-corrected chi connectivity index (χ2v) is 10.9. The van der Waals surface area contributed by atoms with Crippen molar-refractivity contribution in [2.45, 2.75) is 32.0 Å². The Kier molecular flexibility index (Phi) is 11.5. The Morgan fingerprint density at radius 1 is 1.24 bits per heavy atom. The number of benzene rings is 2. The Bertz CT molecular complexity index is 1550. The summed E-state index contributed by atoms with van der Waals surface area (Å²) < 4.78 is 55.8. The van der Waals surface area contributed by atoms with Gasteiger partial charge in [0.05, 0.1) is 50.6 Å². The third-order valence-electron chi connectivity index (χ3n) is 7.76. The highest BCUT2D eigenvalue weighted by molar-refractivity contribution is 6.10. The number of ether oxygens (including phenoxy) is 3. The first-order valence-electron chi connectivity index (χ1n) is 14.1. The predicted octanol–water partition coefficient (Wildman–Crippen LogP) is 4.06. The molecule has 2 atom stereocenters. The summed E-state index contributed by atoms with van der Waals surface area (Å²) in [6, 6.07) is 8.79. The van der Waals surface area contributed by atoms with Gasteiger partial charge in [0, 0.05) is 17.8 Å². The van der Waals surface area contributed by atoms with Crippen molar-refractivity contribution in [3.05, 3.63) is 76.0 Å². The van der Waals surface area contributed by atoms with Crippen LogP contribution in [0.5, 0.6) is 0 Å². The van der Waals surface area contributed by atoms with Crippen molar-refractivity contribution in [1.82, 2.24) is 4.90 Å². The van der Waals surface area contributed by atoms with Crippen molar-refractivity contribution in [2.75, 3.05) is 52.6 Å². The Morgan fingerprint density at radius 3 is 2.48 bits per heavy atom. The smallest absolute Gasteiger partial charge is 0.416 e. The molecule has 0 saturated carbocycles. The number of urea groups is 1. The molecule has 0 aromatic heterocycles. The number of primary amides is 1. The number of likely N-dealkylation sites (N-methyl/N-ethyl adjacent to an activating group) is 1. The molecule has 2 aliphatic rings. The van der Waals surface area contributed by atoms with Crippen LogP contribution in [0, 0.1) is 16.7 Å². The number of methoxy groups -OCH3 is 2. The van der Waals surface area contributed by atoms with E-state index in [1.807, 2.05) is 0 Å². The fourth-order valence-electron chi connectivity index (χ4n) is 5.49. The summed E-state index contributed by atoms with van der Waals surface area (Å²) >= 11 is 0. The maximum Gasteiger partial charge on any atom is 0.416 e. The zero-order valence-corrected chi connectivity index (χ0v) is 25.9. The quantitative estimate of drug-likeness (QED) is 0.247. The molecule has 12 nitrogen and oxygen atoms in total. The van der Waals surface area contributed by atoms with Gasteiger partial charge >= 0.3 is 18.2 Å². The third kappa shape index (κ3) is 7.82. The Labute approximate surface area is 264 Å². The molecule has 0 radical (unpaired) electrons.